The molecule has 0 aromatic carbocycles. The van der Waals surface area contributed by atoms with Crippen LogP contribution in [0.2, 0.25) is 0 Å². The number of hydrogen-bond donors (Lipinski definition) is 0. The van der Waals surface area contributed by atoms with E-state index in [1.165, 1.54) is 0 Å². The van der Waals surface area contributed by atoms with Crippen molar-refractivity contribution in [2.24, 2.45) is 0 Å². The third-order valence-electron chi connectivity index (χ3n) is 0. The van der Waals surface area contributed by atoms with E-state index in [4.69, 9.17) is 0 Å². The second-order valence-corrected chi connectivity index (χ2v) is 0. The van der Waals surface area contributed by atoms with E-state index in [-0.39, 0.29) is 70.3 Å². The summed E-state index contributed by atoms with van der Waals surface area (Å²) in [5.74, 6) is 0. The second kappa shape index (κ2) is 91.1. The quantitative estimate of drug-likeness (QED) is 0.520. The molecule has 0 fully saturated rings. The van der Waals surface area contributed by atoms with E-state index < -0.39 is 0 Å². The summed E-state index contributed by atoms with van der Waals surface area (Å²) in [6.07, 6.45) is 0. The molecule has 0 spiro atoms. The molecule has 0 bridgehead atoms. The van der Waals surface area contributed by atoms with Crippen molar-refractivity contribution in [1.29, 1.82) is 0 Å². The molecule has 0 aromatic heterocycles. The van der Waals surface area contributed by atoms with Gasteiger partial charge in [0.2, 0.25) is 0 Å². The Morgan fingerprint density at radius 2 is 0.500 bits per heavy atom. The molecule has 0 amide bonds. The Bertz CT molecular complexity index is 7.51. The first kappa shape index (κ1) is 147. The average Bonchev–Trinajstić information content (AvgIpc) is 0. The summed E-state index contributed by atoms with van der Waals surface area (Å²) in [5.41, 5.74) is 0. The maximum Gasteiger partial charge on any atom is 2.00 e. The van der Waals surface area contributed by atoms with Crippen molar-refractivity contribution >= 4 is 0 Å². The van der Waals surface area contributed by atoms with Gasteiger partial charge in [0.25, 0.3) is 0 Å². The molecule has 0 N–H and O–H groups in total. The van der Waals surface area contributed by atoms with Crippen molar-refractivity contribution in [3.8, 4) is 0 Å². The van der Waals surface area contributed by atoms with Crippen LogP contribution in [0, 0.1) is 0 Å². The summed E-state index contributed by atoms with van der Waals surface area (Å²) in [6, 6.07) is 0. The zero-order valence-electron chi connectivity index (χ0n) is 2.75. The van der Waals surface area contributed by atoms with E-state index >= 15 is 0 Å². The monoisotopic (exact) mass is 362 g/mol. The Kier molecular flexibility index (Phi) is 2240. The van der Waals surface area contributed by atoms with Crippen molar-refractivity contribution in [3.05, 3.63) is 0 Å². The molecule has 0 saturated carbocycles. The zero-order valence-corrected chi connectivity index (χ0v) is 9.72. The van der Waals surface area contributed by atoms with Crippen LogP contribution >= 0.6 is 0 Å². The molecule has 0 aliphatic carbocycles. The van der Waals surface area contributed by atoms with Crippen molar-refractivity contribution < 1.29 is 70.3 Å². The van der Waals surface area contributed by atoms with Crippen LogP contribution in [0.25, 0.3) is 0 Å². The van der Waals surface area contributed by atoms with Gasteiger partial charge < -0.3 is 21.9 Å². The number of rotatable bonds is 0. The van der Waals surface area contributed by atoms with Gasteiger partial charge in [-0.05, 0) is 0 Å². The molecular formula is CdO4W-6. The molecule has 0 atom stereocenters. The van der Waals surface area contributed by atoms with Gasteiger partial charge in [0.05, 0.1) is 0 Å². The molecule has 38 valence electrons. The van der Waals surface area contributed by atoms with E-state index in [1.807, 2.05) is 0 Å². The molecule has 0 rings (SSSR count). The maximum atomic E-state index is 0. The van der Waals surface area contributed by atoms with E-state index in [0.717, 1.165) is 0 Å². The van der Waals surface area contributed by atoms with Crippen LogP contribution in [0.4, 0.5) is 0 Å². The van der Waals surface area contributed by atoms with Gasteiger partial charge in [-0.2, -0.15) is 0 Å². The largest absolute Gasteiger partial charge is 2.00 e. The van der Waals surface area contributed by atoms with Crippen LogP contribution in [0.1, 0.15) is 0 Å². The van der Waals surface area contributed by atoms with Crippen LogP contribution in [-0.2, 0) is 70.3 Å². The van der Waals surface area contributed by atoms with Gasteiger partial charge >= 0.3 is 27.3 Å². The van der Waals surface area contributed by atoms with Crippen molar-refractivity contribution in [2.45, 2.75) is 0 Å². The Morgan fingerprint density at radius 1 is 0.500 bits per heavy atom. The van der Waals surface area contributed by atoms with E-state index in [2.05, 4.69) is 0 Å². The SMILES string of the molecule is [Cd+2].[O-2].[O-2].[O-2].[O-2].[W]. The van der Waals surface area contributed by atoms with Crippen molar-refractivity contribution in [3.63, 3.8) is 0 Å². The summed E-state index contributed by atoms with van der Waals surface area (Å²) < 4.78 is 0. The number of hydrogen-bond acceptors (Lipinski definition) is 0. The Balaban J connectivity index is 0. The predicted molar refractivity (Wildman–Crippen MR) is 2.75 cm³/mol. The van der Waals surface area contributed by atoms with Gasteiger partial charge in [-0.25, -0.2) is 0 Å². The molecule has 0 radical (unpaired) electrons. The van der Waals surface area contributed by atoms with Gasteiger partial charge in [0.15, 0.2) is 0 Å². The molecule has 0 heterocycles. The topological polar surface area (TPSA) is 114 Å². The summed E-state index contributed by atoms with van der Waals surface area (Å²) in [5, 5.41) is 0. The molecule has 4 nitrogen and oxygen atoms in total. The summed E-state index contributed by atoms with van der Waals surface area (Å²) in [4.78, 5) is 0. The molecule has 0 unspecified atom stereocenters. The molecular weight excluding hydrogens is 360 g/mol. The Morgan fingerprint density at radius 3 is 0.500 bits per heavy atom. The molecule has 0 aromatic rings. The minimum atomic E-state index is 0. The molecule has 0 aliphatic heterocycles. The van der Waals surface area contributed by atoms with E-state index in [0.29, 0.717) is 0 Å². The summed E-state index contributed by atoms with van der Waals surface area (Å²) in [6.45, 7) is 0. The summed E-state index contributed by atoms with van der Waals surface area (Å²) in [7, 11) is 0. The Labute approximate surface area is 70.0 Å². The van der Waals surface area contributed by atoms with E-state index in [1.54, 1.807) is 0 Å². The minimum absolute atomic E-state index is 0. The molecule has 0 aliphatic rings. The van der Waals surface area contributed by atoms with Crippen LogP contribution < -0.4 is 0 Å². The Hall–Kier alpha value is 1.45. The van der Waals surface area contributed by atoms with Crippen LogP contribution in [0.15, 0.2) is 0 Å². The molecule has 6 heavy (non-hydrogen) atoms. The smallest absolute Gasteiger partial charge is 2.00 e. The first-order valence-corrected chi connectivity index (χ1v) is 0. The fourth-order valence-corrected chi connectivity index (χ4v) is 0. The van der Waals surface area contributed by atoms with E-state index in [9.17, 15) is 0 Å². The van der Waals surface area contributed by atoms with Gasteiger partial charge in [0.1, 0.15) is 0 Å². The summed E-state index contributed by atoms with van der Waals surface area (Å²) >= 11 is 0. The predicted octanol–water partition coefficient (Wildman–Crippen LogP) is -0.480. The zero-order chi connectivity index (χ0) is 0. The van der Waals surface area contributed by atoms with Crippen LogP contribution in [-0.4, -0.2) is 0 Å². The van der Waals surface area contributed by atoms with Gasteiger partial charge in [-0.1, -0.05) is 0 Å². The standard InChI is InChI=1S/Cd.4O.W/q+2;4*-2;. The fourth-order valence-electron chi connectivity index (χ4n) is 0. The normalized spacial score (nSPS) is 0. The average molecular weight is 360 g/mol. The second-order valence-electron chi connectivity index (χ2n) is 0. The van der Waals surface area contributed by atoms with Crippen molar-refractivity contribution in [2.75, 3.05) is 0 Å². The molecule has 6 heteroatoms. The maximum absolute atomic E-state index is 0. The van der Waals surface area contributed by atoms with Gasteiger partial charge in [0, 0.05) is 21.1 Å². The first-order chi connectivity index (χ1) is 0. The van der Waals surface area contributed by atoms with Gasteiger partial charge in [-0.15, -0.1) is 0 Å². The third-order valence-corrected chi connectivity index (χ3v) is 0. The van der Waals surface area contributed by atoms with Crippen LogP contribution in [0.5, 0.6) is 0 Å². The van der Waals surface area contributed by atoms with Crippen LogP contribution in [0.3, 0.4) is 0 Å². The molecule has 0 saturated heterocycles. The fraction of sp³-hybridized carbons (Fsp3) is 0. The van der Waals surface area contributed by atoms with Gasteiger partial charge in [-0.3, -0.25) is 0 Å². The third kappa shape index (κ3) is 51.3. The minimum Gasteiger partial charge on any atom is -2.00 e. The van der Waals surface area contributed by atoms with Crippen molar-refractivity contribution in [1.82, 2.24) is 0 Å². The first-order valence-electron chi connectivity index (χ1n) is 0.